The maximum absolute atomic E-state index is 6.25. The van der Waals surface area contributed by atoms with Gasteiger partial charge < -0.3 is 19.0 Å². The Hall–Kier alpha value is -3.49. The summed E-state index contributed by atoms with van der Waals surface area (Å²) in [5.41, 5.74) is 6.39. The average molecular weight is 513 g/mol. The summed E-state index contributed by atoms with van der Waals surface area (Å²) in [7, 11) is 0. The highest BCUT2D eigenvalue weighted by Gasteiger charge is 2.23. The molecule has 2 aliphatic rings. The van der Waals surface area contributed by atoms with Crippen molar-refractivity contribution in [1.29, 1.82) is 0 Å². The standard InChI is InChI=1S/C30H36N6O2/c1-22-23(2)31-21-32-30(22)35-15-13-34(14-16-35)19-29-33-27-11-10-25(17-28(27)38-29)36-12-6-9-26(18-36)37-20-24-7-4-3-5-8-24/h3-5,7-8,10-11,17,21,26H,6,9,12-16,18-20H2,1-2H3/t26-/m0/s1. The van der Waals surface area contributed by atoms with Crippen molar-refractivity contribution in [2.24, 2.45) is 0 Å². The van der Waals surface area contributed by atoms with Gasteiger partial charge in [0.25, 0.3) is 0 Å². The highest BCUT2D eigenvalue weighted by molar-refractivity contribution is 5.77. The number of oxazole rings is 1. The van der Waals surface area contributed by atoms with Crippen LogP contribution in [-0.2, 0) is 17.9 Å². The van der Waals surface area contributed by atoms with Crippen molar-refractivity contribution in [2.75, 3.05) is 49.1 Å². The summed E-state index contributed by atoms with van der Waals surface area (Å²) in [6.45, 7) is 11.2. The van der Waals surface area contributed by atoms with E-state index < -0.39 is 0 Å². The average Bonchev–Trinajstić information content (AvgIpc) is 3.36. The smallest absolute Gasteiger partial charge is 0.209 e. The topological polar surface area (TPSA) is 70.8 Å². The van der Waals surface area contributed by atoms with Gasteiger partial charge in [0.15, 0.2) is 5.58 Å². The number of benzene rings is 2. The first-order chi connectivity index (χ1) is 18.6. The van der Waals surface area contributed by atoms with Gasteiger partial charge in [-0.1, -0.05) is 30.3 Å². The SMILES string of the molecule is Cc1ncnc(N2CCN(Cc3nc4ccc(N5CCC[C@H](OCc6ccccc6)C5)cc4o3)CC2)c1C. The summed E-state index contributed by atoms with van der Waals surface area (Å²) in [5.74, 6) is 1.83. The zero-order chi connectivity index (χ0) is 25.9. The van der Waals surface area contributed by atoms with Gasteiger partial charge in [0.05, 0.1) is 19.3 Å². The lowest BCUT2D eigenvalue weighted by molar-refractivity contribution is 0.0316. The van der Waals surface area contributed by atoms with Gasteiger partial charge in [-0.2, -0.15) is 0 Å². The molecule has 2 aromatic carbocycles. The number of fused-ring (bicyclic) bond motifs is 1. The molecule has 2 saturated heterocycles. The van der Waals surface area contributed by atoms with Crippen molar-refractivity contribution in [1.82, 2.24) is 19.9 Å². The molecule has 0 aliphatic carbocycles. The summed E-state index contributed by atoms with van der Waals surface area (Å²) in [6.07, 6.45) is 4.12. The lowest BCUT2D eigenvalue weighted by atomic mass is 10.1. The molecule has 1 atom stereocenters. The molecule has 0 saturated carbocycles. The summed E-state index contributed by atoms with van der Waals surface area (Å²) >= 11 is 0. The van der Waals surface area contributed by atoms with Crippen LogP contribution in [0.2, 0.25) is 0 Å². The predicted molar refractivity (Wildman–Crippen MR) is 149 cm³/mol. The number of ether oxygens (including phenoxy) is 1. The number of hydrogen-bond donors (Lipinski definition) is 0. The van der Waals surface area contributed by atoms with E-state index in [9.17, 15) is 0 Å². The monoisotopic (exact) mass is 512 g/mol. The van der Waals surface area contributed by atoms with Crippen LogP contribution in [0.5, 0.6) is 0 Å². The van der Waals surface area contributed by atoms with Crippen LogP contribution < -0.4 is 9.80 Å². The first-order valence-corrected chi connectivity index (χ1v) is 13.7. The Bertz CT molecular complexity index is 1370. The van der Waals surface area contributed by atoms with Crippen LogP contribution in [0.3, 0.4) is 0 Å². The molecule has 0 radical (unpaired) electrons. The van der Waals surface area contributed by atoms with Gasteiger partial charge in [-0.05, 0) is 44.4 Å². The van der Waals surface area contributed by atoms with Gasteiger partial charge in [0, 0.05) is 62.3 Å². The minimum absolute atomic E-state index is 0.235. The van der Waals surface area contributed by atoms with E-state index in [4.69, 9.17) is 14.1 Å². The van der Waals surface area contributed by atoms with Crippen molar-refractivity contribution in [3.05, 3.63) is 77.6 Å². The second-order valence-corrected chi connectivity index (χ2v) is 10.4. The Kier molecular flexibility index (Phi) is 7.25. The number of rotatable bonds is 7. The van der Waals surface area contributed by atoms with Gasteiger partial charge in [-0.25, -0.2) is 15.0 Å². The maximum atomic E-state index is 6.25. The zero-order valence-electron chi connectivity index (χ0n) is 22.3. The number of nitrogens with zero attached hydrogens (tertiary/aromatic N) is 6. The van der Waals surface area contributed by atoms with E-state index in [1.807, 2.05) is 13.0 Å². The van der Waals surface area contributed by atoms with Crippen LogP contribution in [0.1, 0.15) is 35.6 Å². The molecule has 8 nitrogen and oxygen atoms in total. The number of piperidine rings is 1. The normalized spacial score (nSPS) is 18.8. The minimum Gasteiger partial charge on any atom is -0.439 e. The van der Waals surface area contributed by atoms with E-state index >= 15 is 0 Å². The van der Waals surface area contributed by atoms with Crippen LogP contribution in [0.25, 0.3) is 11.1 Å². The van der Waals surface area contributed by atoms with Gasteiger partial charge in [-0.15, -0.1) is 0 Å². The molecule has 8 heteroatoms. The van der Waals surface area contributed by atoms with Crippen molar-refractivity contribution >= 4 is 22.6 Å². The third-order valence-electron chi connectivity index (χ3n) is 7.83. The third kappa shape index (κ3) is 5.51. The number of anilines is 2. The van der Waals surface area contributed by atoms with Crippen LogP contribution in [0.15, 0.2) is 59.3 Å². The minimum atomic E-state index is 0.235. The molecule has 4 heterocycles. The number of aryl methyl sites for hydroxylation is 1. The summed E-state index contributed by atoms with van der Waals surface area (Å²) in [6, 6.07) is 16.8. The van der Waals surface area contributed by atoms with Crippen molar-refractivity contribution in [2.45, 2.75) is 45.9 Å². The fourth-order valence-electron chi connectivity index (χ4n) is 5.48. The highest BCUT2D eigenvalue weighted by atomic mass is 16.5. The second-order valence-electron chi connectivity index (χ2n) is 10.4. The molecule has 2 fully saturated rings. The molecule has 0 bridgehead atoms. The van der Waals surface area contributed by atoms with Crippen molar-refractivity contribution in [3.8, 4) is 0 Å². The van der Waals surface area contributed by atoms with Gasteiger partial charge in [0.2, 0.25) is 5.89 Å². The maximum Gasteiger partial charge on any atom is 0.209 e. The zero-order valence-corrected chi connectivity index (χ0v) is 22.3. The molecule has 0 N–H and O–H groups in total. The quantitative estimate of drug-likeness (QED) is 0.352. The Morgan fingerprint density at radius 2 is 1.79 bits per heavy atom. The Balaban J connectivity index is 1.06. The van der Waals surface area contributed by atoms with E-state index in [1.165, 1.54) is 16.8 Å². The van der Waals surface area contributed by atoms with Crippen molar-refractivity contribution < 1.29 is 9.15 Å². The predicted octanol–water partition coefficient (Wildman–Crippen LogP) is 4.74. The first kappa shape index (κ1) is 24.8. The molecule has 0 unspecified atom stereocenters. The summed E-state index contributed by atoms with van der Waals surface area (Å²) in [5, 5.41) is 0. The second kappa shape index (κ2) is 11.1. The Morgan fingerprint density at radius 3 is 2.63 bits per heavy atom. The van der Waals surface area contributed by atoms with Crippen LogP contribution in [0, 0.1) is 13.8 Å². The van der Waals surface area contributed by atoms with Gasteiger partial charge >= 0.3 is 0 Å². The van der Waals surface area contributed by atoms with Crippen LogP contribution in [0.4, 0.5) is 11.5 Å². The molecular formula is C30H36N6O2. The lowest BCUT2D eigenvalue weighted by Crippen LogP contribution is -2.46. The number of aromatic nitrogens is 3. The third-order valence-corrected chi connectivity index (χ3v) is 7.83. The largest absolute Gasteiger partial charge is 0.439 e. The van der Waals surface area contributed by atoms with E-state index in [0.717, 1.165) is 87.2 Å². The molecular weight excluding hydrogens is 476 g/mol. The highest BCUT2D eigenvalue weighted by Crippen LogP contribution is 2.27. The van der Waals surface area contributed by atoms with Gasteiger partial charge in [0.1, 0.15) is 17.7 Å². The lowest BCUT2D eigenvalue weighted by Gasteiger charge is -2.35. The molecule has 0 spiro atoms. The van der Waals surface area contributed by atoms with E-state index in [-0.39, 0.29) is 6.10 Å². The fraction of sp³-hybridized carbons (Fsp3) is 0.433. The molecule has 0 amide bonds. The molecule has 4 aromatic rings. The Morgan fingerprint density at radius 1 is 0.947 bits per heavy atom. The van der Waals surface area contributed by atoms with Crippen molar-refractivity contribution in [3.63, 3.8) is 0 Å². The molecule has 6 rings (SSSR count). The molecule has 198 valence electrons. The van der Waals surface area contributed by atoms with E-state index in [1.54, 1.807) is 6.33 Å². The summed E-state index contributed by atoms with van der Waals surface area (Å²) in [4.78, 5) is 20.8. The van der Waals surface area contributed by atoms with Crippen LogP contribution in [-0.4, -0.2) is 65.2 Å². The number of piperazine rings is 1. The fourth-order valence-corrected chi connectivity index (χ4v) is 5.48. The van der Waals surface area contributed by atoms with Gasteiger partial charge in [-0.3, -0.25) is 4.90 Å². The molecule has 2 aliphatic heterocycles. The van der Waals surface area contributed by atoms with E-state index in [0.29, 0.717) is 6.61 Å². The molecule has 38 heavy (non-hydrogen) atoms. The van der Waals surface area contributed by atoms with Crippen LogP contribution >= 0.6 is 0 Å². The summed E-state index contributed by atoms with van der Waals surface area (Å²) < 4.78 is 12.5. The van der Waals surface area contributed by atoms with E-state index in [2.05, 4.69) is 74.1 Å². The molecule has 2 aromatic heterocycles. The Labute approximate surface area is 224 Å². The number of hydrogen-bond acceptors (Lipinski definition) is 8. The first-order valence-electron chi connectivity index (χ1n) is 13.7.